The zero-order valence-corrected chi connectivity index (χ0v) is 15.3. The Morgan fingerprint density at radius 3 is 2.52 bits per heavy atom. The maximum atomic E-state index is 12.4. The van der Waals surface area contributed by atoms with Crippen molar-refractivity contribution in [3.63, 3.8) is 0 Å². The van der Waals surface area contributed by atoms with Crippen LogP contribution in [0.1, 0.15) is 16.1 Å². The Labute approximate surface area is 154 Å². The molecule has 0 aliphatic carbocycles. The molecule has 0 unspecified atom stereocenters. The fraction of sp³-hybridized carbons (Fsp3) is 0.105. The van der Waals surface area contributed by atoms with E-state index in [-0.39, 0.29) is 5.91 Å². The Kier molecular flexibility index (Phi) is 5.40. The van der Waals surface area contributed by atoms with Crippen LogP contribution in [0.2, 0.25) is 0 Å². The fourth-order valence-electron chi connectivity index (χ4n) is 2.35. The summed E-state index contributed by atoms with van der Waals surface area (Å²) >= 11 is 3.37. The second kappa shape index (κ2) is 7.90. The van der Waals surface area contributed by atoms with Gasteiger partial charge in [-0.3, -0.25) is 4.79 Å². The van der Waals surface area contributed by atoms with Gasteiger partial charge in [-0.05, 0) is 29.8 Å². The maximum absolute atomic E-state index is 12.4. The van der Waals surface area contributed by atoms with Gasteiger partial charge in [-0.2, -0.15) is 0 Å². The molecule has 0 radical (unpaired) electrons. The summed E-state index contributed by atoms with van der Waals surface area (Å²) in [7, 11) is 1.94. The van der Waals surface area contributed by atoms with E-state index in [1.54, 1.807) is 6.07 Å². The number of benzene rings is 2. The molecule has 126 valence electrons. The number of hydrogen-bond acceptors (Lipinski definition) is 4. The Morgan fingerprint density at radius 1 is 1.08 bits per heavy atom. The van der Waals surface area contributed by atoms with Gasteiger partial charge in [0.25, 0.3) is 5.91 Å². The number of nitrogens with one attached hydrogen (secondary N) is 1. The lowest BCUT2D eigenvalue weighted by Crippen LogP contribution is -2.20. The molecule has 6 heteroatoms. The minimum Gasteiger partial charge on any atom is -0.355 e. The second-order valence-corrected chi connectivity index (χ2v) is 6.48. The van der Waals surface area contributed by atoms with Gasteiger partial charge >= 0.3 is 0 Å². The lowest BCUT2D eigenvalue weighted by atomic mass is 10.2. The maximum Gasteiger partial charge on any atom is 0.274 e. The van der Waals surface area contributed by atoms with Crippen molar-refractivity contribution >= 4 is 33.3 Å². The van der Waals surface area contributed by atoms with Crippen molar-refractivity contribution in [2.45, 2.75) is 6.54 Å². The molecule has 0 bridgehead atoms. The van der Waals surface area contributed by atoms with Crippen molar-refractivity contribution in [2.75, 3.05) is 17.3 Å². The van der Waals surface area contributed by atoms with Crippen LogP contribution >= 0.6 is 15.9 Å². The monoisotopic (exact) mass is 396 g/mol. The number of aromatic nitrogens is 2. The van der Waals surface area contributed by atoms with Crippen LogP contribution in [0.25, 0.3) is 0 Å². The highest BCUT2D eigenvalue weighted by Crippen LogP contribution is 2.16. The first-order valence-corrected chi connectivity index (χ1v) is 8.55. The van der Waals surface area contributed by atoms with E-state index >= 15 is 0 Å². The summed E-state index contributed by atoms with van der Waals surface area (Å²) < 4.78 is 0.956. The third kappa shape index (κ3) is 4.64. The molecule has 3 aromatic rings. The van der Waals surface area contributed by atoms with Crippen molar-refractivity contribution in [2.24, 2.45) is 0 Å². The zero-order valence-electron chi connectivity index (χ0n) is 13.7. The summed E-state index contributed by atoms with van der Waals surface area (Å²) in [4.78, 5) is 22.7. The van der Waals surface area contributed by atoms with Gasteiger partial charge < -0.3 is 10.2 Å². The molecule has 0 aliphatic rings. The van der Waals surface area contributed by atoms with Crippen LogP contribution in [0.15, 0.2) is 71.5 Å². The van der Waals surface area contributed by atoms with E-state index < -0.39 is 0 Å². The molecule has 1 amide bonds. The second-order valence-electron chi connectivity index (χ2n) is 5.56. The molecule has 0 atom stereocenters. The van der Waals surface area contributed by atoms with Crippen LogP contribution in [0, 0.1) is 0 Å². The molecule has 0 aliphatic heterocycles. The first-order chi connectivity index (χ1) is 12.1. The predicted molar refractivity (Wildman–Crippen MR) is 103 cm³/mol. The quantitative estimate of drug-likeness (QED) is 0.704. The predicted octanol–water partition coefficient (Wildman–Crippen LogP) is 4.13. The Bertz CT molecular complexity index is 853. The van der Waals surface area contributed by atoms with Crippen LogP contribution in [0.4, 0.5) is 11.5 Å². The van der Waals surface area contributed by atoms with E-state index in [1.165, 1.54) is 11.9 Å². The van der Waals surface area contributed by atoms with Gasteiger partial charge in [-0.1, -0.05) is 46.3 Å². The Hall–Kier alpha value is -2.73. The molecule has 1 heterocycles. The van der Waals surface area contributed by atoms with Crippen molar-refractivity contribution in [3.8, 4) is 0 Å². The van der Waals surface area contributed by atoms with Gasteiger partial charge in [0, 0.05) is 29.8 Å². The third-order valence-electron chi connectivity index (χ3n) is 3.64. The lowest BCUT2D eigenvalue weighted by Gasteiger charge is -2.18. The van der Waals surface area contributed by atoms with Gasteiger partial charge in [-0.15, -0.1) is 0 Å². The van der Waals surface area contributed by atoms with Gasteiger partial charge in [0.2, 0.25) is 0 Å². The summed E-state index contributed by atoms with van der Waals surface area (Å²) in [5.41, 5.74) is 2.21. The Balaban J connectivity index is 1.72. The smallest absolute Gasteiger partial charge is 0.274 e. The summed E-state index contributed by atoms with van der Waals surface area (Å²) in [5.74, 6) is 0.430. The zero-order chi connectivity index (χ0) is 17.6. The van der Waals surface area contributed by atoms with Gasteiger partial charge in [0.15, 0.2) is 0 Å². The van der Waals surface area contributed by atoms with E-state index in [4.69, 9.17) is 0 Å². The van der Waals surface area contributed by atoms with Crippen molar-refractivity contribution < 1.29 is 4.79 Å². The molecule has 0 saturated heterocycles. The number of anilines is 2. The molecule has 1 aromatic heterocycles. The van der Waals surface area contributed by atoms with Crippen LogP contribution in [0.5, 0.6) is 0 Å². The number of nitrogens with zero attached hydrogens (tertiary/aromatic N) is 3. The molecular weight excluding hydrogens is 380 g/mol. The summed E-state index contributed by atoms with van der Waals surface area (Å²) in [6.07, 6.45) is 1.41. The third-order valence-corrected chi connectivity index (χ3v) is 4.17. The summed E-state index contributed by atoms with van der Waals surface area (Å²) in [5, 5.41) is 2.83. The standard InChI is InChI=1S/C19H17BrN4O/c1-24(12-14-5-3-2-4-6-14)18-11-17(21-13-22-18)19(25)23-16-9-7-15(20)8-10-16/h2-11,13H,12H2,1H3,(H,23,25). The number of carbonyl (C=O) groups excluding carboxylic acids is 1. The minimum absolute atomic E-state index is 0.265. The van der Waals surface area contributed by atoms with Crippen LogP contribution in [0.3, 0.4) is 0 Å². The fourth-order valence-corrected chi connectivity index (χ4v) is 2.61. The molecule has 0 fully saturated rings. The van der Waals surface area contributed by atoms with E-state index in [1.807, 2.05) is 54.4 Å². The molecule has 0 saturated carbocycles. The molecule has 3 rings (SSSR count). The van der Waals surface area contributed by atoms with Crippen molar-refractivity contribution in [1.29, 1.82) is 0 Å². The highest BCUT2D eigenvalue weighted by atomic mass is 79.9. The Morgan fingerprint density at radius 2 is 1.80 bits per heavy atom. The van der Waals surface area contributed by atoms with Crippen LogP contribution in [-0.2, 0) is 6.54 Å². The van der Waals surface area contributed by atoms with Crippen LogP contribution < -0.4 is 10.2 Å². The molecule has 1 N–H and O–H groups in total. The number of rotatable bonds is 5. The topological polar surface area (TPSA) is 58.1 Å². The largest absolute Gasteiger partial charge is 0.355 e. The summed E-state index contributed by atoms with van der Waals surface area (Å²) in [6, 6.07) is 19.2. The van der Waals surface area contributed by atoms with E-state index in [2.05, 4.69) is 43.3 Å². The minimum atomic E-state index is -0.265. The first-order valence-electron chi connectivity index (χ1n) is 7.76. The van der Waals surface area contributed by atoms with Gasteiger partial charge in [0.1, 0.15) is 17.8 Å². The van der Waals surface area contributed by atoms with Crippen LogP contribution in [-0.4, -0.2) is 22.9 Å². The number of amides is 1. The molecule has 2 aromatic carbocycles. The van der Waals surface area contributed by atoms with Crippen molar-refractivity contribution in [1.82, 2.24) is 9.97 Å². The molecule has 5 nitrogen and oxygen atoms in total. The number of hydrogen-bond donors (Lipinski definition) is 1. The highest BCUT2D eigenvalue weighted by molar-refractivity contribution is 9.10. The van der Waals surface area contributed by atoms with E-state index in [9.17, 15) is 4.79 Å². The summed E-state index contributed by atoms with van der Waals surface area (Å²) in [6.45, 7) is 0.700. The average Bonchev–Trinajstić information content (AvgIpc) is 2.64. The SMILES string of the molecule is CN(Cc1ccccc1)c1cc(C(=O)Nc2ccc(Br)cc2)ncn1. The van der Waals surface area contributed by atoms with E-state index in [0.717, 1.165) is 4.47 Å². The van der Waals surface area contributed by atoms with Gasteiger partial charge in [-0.25, -0.2) is 9.97 Å². The molecular formula is C19H17BrN4O. The number of halogens is 1. The van der Waals surface area contributed by atoms with Gasteiger partial charge in [0.05, 0.1) is 0 Å². The molecule has 25 heavy (non-hydrogen) atoms. The van der Waals surface area contributed by atoms with Crippen molar-refractivity contribution in [3.05, 3.63) is 82.7 Å². The normalized spacial score (nSPS) is 10.3. The highest BCUT2D eigenvalue weighted by Gasteiger charge is 2.11. The molecule has 0 spiro atoms. The average molecular weight is 397 g/mol. The first kappa shape index (κ1) is 17.1. The van der Waals surface area contributed by atoms with E-state index in [0.29, 0.717) is 23.7 Å². The number of carbonyl (C=O) groups is 1. The lowest BCUT2D eigenvalue weighted by molar-refractivity contribution is 0.102.